The molecular formula is C23H22N8. The van der Waals surface area contributed by atoms with E-state index in [2.05, 4.69) is 43.0 Å². The Hall–Kier alpha value is -4.07. The molecule has 1 atom stereocenters. The highest BCUT2D eigenvalue weighted by Gasteiger charge is 2.18. The average molecular weight is 410 g/mol. The van der Waals surface area contributed by atoms with Crippen LogP contribution in [0.15, 0.2) is 61.4 Å². The van der Waals surface area contributed by atoms with Crippen molar-refractivity contribution in [3.05, 3.63) is 72.7 Å². The summed E-state index contributed by atoms with van der Waals surface area (Å²) in [5, 5.41) is 5.24. The normalized spacial score (nSPS) is 12.3. The number of aromatic amines is 1. The van der Waals surface area contributed by atoms with Gasteiger partial charge in [0.1, 0.15) is 5.65 Å². The molecule has 5 heterocycles. The number of hydrogen-bond acceptors (Lipinski definition) is 6. The minimum absolute atomic E-state index is 0.112. The number of H-pyrrole nitrogens is 1. The molecular weight excluding hydrogens is 388 g/mol. The van der Waals surface area contributed by atoms with Crippen LogP contribution in [0, 0.1) is 0 Å². The molecule has 1 unspecified atom stereocenters. The lowest BCUT2D eigenvalue weighted by Gasteiger charge is -2.16. The Morgan fingerprint density at radius 1 is 1.10 bits per heavy atom. The third-order valence-corrected chi connectivity index (χ3v) is 5.48. The number of aromatic nitrogens is 7. The van der Waals surface area contributed by atoms with E-state index in [9.17, 15) is 0 Å². The fourth-order valence-corrected chi connectivity index (χ4v) is 3.96. The van der Waals surface area contributed by atoms with Gasteiger partial charge < -0.3 is 10.7 Å². The van der Waals surface area contributed by atoms with Crippen LogP contribution in [0.5, 0.6) is 0 Å². The van der Waals surface area contributed by atoms with E-state index in [0.717, 1.165) is 51.1 Å². The van der Waals surface area contributed by atoms with Crippen LogP contribution in [-0.2, 0) is 7.05 Å². The first-order valence-electron chi connectivity index (χ1n) is 10.1. The van der Waals surface area contributed by atoms with Crippen molar-refractivity contribution >= 4 is 17.0 Å². The highest BCUT2D eigenvalue weighted by molar-refractivity contribution is 5.95. The minimum atomic E-state index is 0.112. The number of pyridine rings is 2. The molecule has 0 saturated heterocycles. The van der Waals surface area contributed by atoms with Gasteiger partial charge in [0.2, 0.25) is 5.95 Å². The van der Waals surface area contributed by atoms with Crippen LogP contribution in [0.4, 0.5) is 5.95 Å². The summed E-state index contributed by atoms with van der Waals surface area (Å²) in [7, 11) is 1.90. The molecule has 31 heavy (non-hydrogen) atoms. The van der Waals surface area contributed by atoms with Gasteiger partial charge in [-0.1, -0.05) is 6.92 Å². The van der Waals surface area contributed by atoms with Gasteiger partial charge in [0.25, 0.3) is 0 Å². The van der Waals surface area contributed by atoms with Gasteiger partial charge in [0.15, 0.2) is 0 Å². The van der Waals surface area contributed by atoms with E-state index in [1.807, 2.05) is 50.0 Å². The van der Waals surface area contributed by atoms with E-state index in [1.54, 1.807) is 17.1 Å². The molecule has 0 aliphatic rings. The first-order valence-corrected chi connectivity index (χ1v) is 10.1. The van der Waals surface area contributed by atoms with Crippen molar-refractivity contribution in [2.75, 3.05) is 5.73 Å². The van der Waals surface area contributed by atoms with Crippen molar-refractivity contribution in [2.45, 2.75) is 19.3 Å². The van der Waals surface area contributed by atoms with Gasteiger partial charge in [-0.05, 0) is 36.2 Å². The van der Waals surface area contributed by atoms with Crippen LogP contribution in [-0.4, -0.2) is 34.7 Å². The van der Waals surface area contributed by atoms with Crippen LogP contribution >= 0.6 is 0 Å². The Bertz CT molecular complexity index is 1350. The third kappa shape index (κ3) is 3.52. The third-order valence-electron chi connectivity index (χ3n) is 5.48. The molecule has 0 aliphatic carbocycles. The molecule has 0 aromatic carbocycles. The number of nitrogens with two attached hydrogens (primary N) is 1. The maximum atomic E-state index is 6.13. The van der Waals surface area contributed by atoms with Gasteiger partial charge >= 0.3 is 0 Å². The number of nitrogens with one attached hydrogen (secondary N) is 1. The highest BCUT2D eigenvalue weighted by Crippen LogP contribution is 2.33. The monoisotopic (exact) mass is 410 g/mol. The molecule has 0 saturated carbocycles. The quantitative estimate of drug-likeness (QED) is 0.454. The molecule has 0 radical (unpaired) electrons. The van der Waals surface area contributed by atoms with E-state index in [4.69, 9.17) is 5.73 Å². The van der Waals surface area contributed by atoms with Crippen molar-refractivity contribution < 1.29 is 0 Å². The van der Waals surface area contributed by atoms with Gasteiger partial charge in [-0.15, -0.1) is 0 Å². The maximum absolute atomic E-state index is 6.13. The first-order chi connectivity index (χ1) is 15.1. The molecule has 3 N–H and O–H groups in total. The zero-order valence-electron chi connectivity index (χ0n) is 17.3. The molecule has 8 nitrogen and oxygen atoms in total. The Morgan fingerprint density at radius 3 is 2.68 bits per heavy atom. The van der Waals surface area contributed by atoms with Crippen LogP contribution < -0.4 is 5.73 Å². The number of nitrogen functional groups attached to an aromatic ring is 1. The van der Waals surface area contributed by atoms with E-state index >= 15 is 0 Å². The van der Waals surface area contributed by atoms with Crippen LogP contribution in [0.1, 0.15) is 30.5 Å². The van der Waals surface area contributed by atoms with E-state index < -0.39 is 0 Å². The first kappa shape index (κ1) is 18.9. The van der Waals surface area contributed by atoms with Gasteiger partial charge in [-0.25, -0.2) is 15.0 Å². The summed E-state index contributed by atoms with van der Waals surface area (Å²) < 4.78 is 1.78. The molecule has 8 heteroatoms. The summed E-state index contributed by atoms with van der Waals surface area (Å²) in [6.07, 6.45) is 12.1. The SMILES string of the molecule is CCC(c1ccncc1)c1cc(-c2c[nH]c3ncc(-c4cnn(C)c4)cc23)nc(N)n1. The lowest BCUT2D eigenvalue weighted by atomic mass is 9.93. The Morgan fingerprint density at radius 2 is 1.94 bits per heavy atom. The van der Waals surface area contributed by atoms with E-state index in [0.29, 0.717) is 0 Å². The molecule has 5 aromatic rings. The molecule has 0 spiro atoms. The average Bonchev–Trinajstić information content (AvgIpc) is 3.40. The van der Waals surface area contributed by atoms with Crippen molar-refractivity contribution in [1.29, 1.82) is 0 Å². The summed E-state index contributed by atoms with van der Waals surface area (Å²) in [4.78, 5) is 21.0. The second kappa shape index (κ2) is 7.64. The molecule has 0 fully saturated rings. The Labute approximate surface area is 179 Å². The second-order valence-electron chi connectivity index (χ2n) is 7.50. The number of hydrogen-bond donors (Lipinski definition) is 2. The Kier molecular flexibility index (Phi) is 4.66. The second-order valence-corrected chi connectivity index (χ2v) is 7.50. The summed E-state index contributed by atoms with van der Waals surface area (Å²) in [5.74, 6) is 0.368. The van der Waals surface area contributed by atoms with E-state index in [1.165, 1.54) is 0 Å². The van der Waals surface area contributed by atoms with E-state index in [-0.39, 0.29) is 11.9 Å². The number of anilines is 1. The smallest absolute Gasteiger partial charge is 0.220 e. The largest absolute Gasteiger partial charge is 0.368 e. The lowest BCUT2D eigenvalue weighted by molar-refractivity contribution is 0.746. The van der Waals surface area contributed by atoms with Gasteiger partial charge in [0, 0.05) is 66.0 Å². The van der Waals surface area contributed by atoms with Gasteiger partial charge in [-0.2, -0.15) is 5.10 Å². The molecule has 0 amide bonds. The molecule has 154 valence electrons. The standard InChI is InChI=1S/C23H22N8/c1-3-17(14-4-6-25-7-5-14)20-9-21(30-23(24)29-20)19-12-27-22-18(19)8-15(10-26-22)16-11-28-31(2)13-16/h4-13,17H,3H2,1-2H3,(H,26,27)(H2,24,29,30). The van der Waals surface area contributed by atoms with Crippen molar-refractivity contribution in [2.24, 2.45) is 7.05 Å². The zero-order chi connectivity index (χ0) is 21.4. The number of rotatable bonds is 5. The van der Waals surface area contributed by atoms with Crippen molar-refractivity contribution in [3.8, 4) is 22.4 Å². The van der Waals surface area contributed by atoms with Gasteiger partial charge in [-0.3, -0.25) is 9.67 Å². The van der Waals surface area contributed by atoms with Crippen LogP contribution in [0.2, 0.25) is 0 Å². The summed E-state index contributed by atoms with van der Waals surface area (Å²) >= 11 is 0. The number of nitrogens with zero attached hydrogens (tertiary/aromatic N) is 6. The summed E-state index contributed by atoms with van der Waals surface area (Å²) in [6.45, 7) is 2.14. The van der Waals surface area contributed by atoms with Gasteiger partial charge in [0.05, 0.1) is 17.6 Å². The molecule has 5 aromatic heterocycles. The number of fused-ring (bicyclic) bond motifs is 1. The highest BCUT2D eigenvalue weighted by atomic mass is 15.2. The minimum Gasteiger partial charge on any atom is -0.368 e. The summed E-state index contributed by atoms with van der Waals surface area (Å²) in [5.41, 5.74) is 12.7. The zero-order valence-corrected chi connectivity index (χ0v) is 17.3. The van der Waals surface area contributed by atoms with Crippen molar-refractivity contribution in [3.63, 3.8) is 0 Å². The predicted octanol–water partition coefficient (Wildman–Crippen LogP) is 3.94. The number of aryl methyl sites for hydroxylation is 1. The van der Waals surface area contributed by atoms with Crippen molar-refractivity contribution in [1.82, 2.24) is 34.7 Å². The predicted molar refractivity (Wildman–Crippen MR) is 120 cm³/mol. The van der Waals surface area contributed by atoms with Crippen LogP contribution in [0.3, 0.4) is 0 Å². The topological polar surface area (TPSA) is 111 Å². The molecule has 0 aliphatic heterocycles. The Balaban J connectivity index is 1.62. The molecule has 0 bridgehead atoms. The molecule has 5 rings (SSSR count). The fourth-order valence-electron chi connectivity index (χ4n) is 3.96. The summed E-state index contributed by atoms with van der Waals surface area (Å²) in [6, 6.07) is 8.15. The lowest BCUT2D eigenvalue weighted by Crippen LogP contribution is -2.07. The van der Waals surface area contributed by atoms with Crippen LogP contribution in [0.25, 0.3) is 33.4 Å². The maximum Gasteiger partial charge on any atom is 0.220 e. The fraction of sp³-hybridized carbons (Fsp3) is 0.174.